The number of methoxy groups -OCH3 is 1. The van der Waals surface area contributed by atoms with Crippen molar-refractivity contribution in [2.24, 2.45) is 5.41 Å². The number of rotatable bonds is 11. The molecule has 0 spiro atoms. The Hall–Kier alpha value is -2.23. The molecular formula is C26H34FNO5S2. The summed E-state index contributed by atoms with van der Waals surface area (Å²) in [5.41, 5.74) is 0.420. The highest BCUT2D eigenvalue weighted by Crippen LogP contribution is 2.37. The molecule has 1 aromatic carbocycles. The van der Waals surface area contributed by atoms with Gasteiger partial charge in [0, 0.05) is 17.7 Å². The minimum Gasteiger partial charge on any atom is -0.490 e. The third kappa shape index (κ3) is 6.51. The molecule has 0 N–H and O–H groups in total. The van der Waals surface area contributed by atoms with E-state index in [1.165, 1.54) is 34.9 Å². The predicted molar refractivity (Wildman–Crippen MR) is 137 cm³/mol. The Balaban J connectivity index is 1.70. The maximum absolute atomic E-state index is 13.7. The lowest BCUT2D eigenvalue weighted by Crippen LogP contribution is -2.38. The molecule has 3 rings (SSSR count). The number of esters is 1. The zero-order valence-corrected chi connectivity index (χ0v) is 22.6. The molecule has 192 valence electrons. The second-order valence-electron chi connectivity index (χ2n) is 9.32. The predicted octanol–water partition coefficient (Wildman–Crippen LogP) is 5.96. The van der Waals surface area contributed by atoms with Crippen molar-refractivity contribution in [2.75, 3.05) is 20.2 Å². The topological polar surface area (TPSA) is 72.9 Å². The molecule has 1 aliphatic rings. The quantitative estimate of drug-likeness (QED) is 0.340. The molecule has 0 aliphatic heterocycles. The molecule has 2 unspecified atom stereocenters. The summed E-state index contributed by atoms with van der Waals surface area (Å²) in [6, 6.07) is 4.36. The second-order valence-corrected chi connectivity index (χ2v) is 12.5. The first-order valence-corrected chi connectivity index (χ1v) is 14.1. The Morgan fingerprint density at radius 3 is 2.71 bits per heavy atom. The fourth-order valence-corrected chi connectivity index (χ4v) is 7.65. The SMILES string of the molecule is CCCN(CC(C)OC1=CCC(C)(CCC(=O)OC)C=C1)S(=O)(=O)c1sc2ccc(F)cc2c1C. The molecule has 1 aliphatic carbocycles. The molecule has 0 fully saturated rings. The number of fused-ring (bicyclic) bond motifs is 1. The molecule has 2 aromatic rings. The van der Waals surface area contributed by atoms with Gasteiger partial charge in [-0.25, -0.2) is 12.8 Å². The number of nitrogens with zero attached hydrogens (tertiary/aromatic N) is 1. The summed E-state index contributed by atoms with van der Waals surface area (Å²) < 4.78 is 54.2. The Bertz CT molecular complexity index is 1230. The van der Waals surface area contributed by atoms with Crippen LogP contribution in [0.5, 0.6) is 0 Å². The first kappa shape index (κ1) is 27.4. The van der Waals surface area contributed by atoms with Gasteiger partial charge in [0.2, 0.25) is 0 Å². The number of ether oxygens (including phenoxy) is 2. The second kappa shape index (κ2) is 11.2. The minimum absolute atomic E-state index is 0.153. The highest BCUT2D eigenvalue weighted by atomic mass is 32.2. The molecule has 0 radical (unpaired) electrons. The summed E-state index contributed by atoms with van der Waals surface area (Å²) in [7, 11) is -2.39. The first-order valence-electron chi connectivity index (χ1n) is 11.8. The van der Waals surface area contributed by atoms with Crippen molar-refractivity contribution < 1.29 is 27.1 Å². The van der Waals surface area contributed by atoms with Crippen LogP contribution < -0.4 is 0 Å². The van der Waals surface area contributed by atoms with Crippen LogP contribution >= 0.6 is 11.3 Å². The van der Waals surface area contributed by atoms with Crippen LogP contribution in [-0.2, 0) is 24.3 Å². The maximum atomic E-state index is 13.7. The van der Waals surface area contributed by atoms with Gasteiger partial charge >= 0.3 is 5.97 Å². The van der Waals surface area contributed by atoms with E-state index in [0.29, 0.717) is 42.5 Å². The molecule has 1 aromatic heterocycles. The number of benzene rings is 1. The van der Waals surface area contributed by atoms with E-state index in [4.69, 9.17) is 9.47 Å². The van der Waals surface area contributed by atoms with E-state index >= 15 is 0 Å². The lowest BCUT2D eigenvalue weighted by atomic mass is 9.79. The molecule has 0 saturated heterocycles. The van der Waals surface area contributed by atoms with Gasteiger partial charge in [0.1, 0.15) is 21.9 Å². The average molecular weight is 524 g/mol. The first-order chi connectivity index (χ1) is 16.5. The zero-order valence-electron chi connectivity index (χ0n) is 21.0. The van der Waals surface area contributed by atoms with Gasteiger partial charge in [0.25, 0.3) is 10.0 Å². The maximum Gasteiger partial charge on any atom is 0.305 e. The van der Waals surface area contributed by atoms with Crippen molar-refractivity contribution in [3.05, 3.63) is 53.6 Å². The Kier molecular flexibility index (Phi) is 8.77. The molecular weight excluding hydrogens is 489 g/mol. The summed E-state index contributed by atoms with van der Waals surface area (Å²) in [5.74, 6) is 0.0795. The van der Waals surface area contributed by atoms with Crippen LogP contribution in [0.2, 0.25) is 0 Å². The van der Waals surface area contributed by atoms with Gasteiger partial charge in [-0.1, -0.05) is 19.9 Å². The van der Waals surface area contributed by atoms with Crippen molar-refractivity contribution in [3.63, 3.8) is 0 Å². The van der Waals surface area contributed by atoms with Gasteiger partial charge in [0.15, 0.2) is 0 Å². The van der Waals surface area contributed by atoms with E-state index in [1.807, 2.05) is 32.1 Å². The highest BCUT2D eigenvalue weighted by molar-refractivity contribution is 7.91. The van der Waals surface area contributed by atoms with Gasteiger partial charge in [-0.3, -0.25) is 4.79 Å². The van der Waals surface area contributed by atoms with Crippen LogP contribution in [-0.4, -0.2) is 45.0 Å². The molecule has 0 saturated carbocycles. The Labute approximate surface area is 211 Å². The fraction of sp³-hybridized carbons (Fsp3) is 0.500. The fourth-order valence-electron chi connectivity index (χ4n) is 4.16. The van der Waals surface area contributed by atoms with Gasteiger partial charge in [0.05, 0.1) is 13.7 Å². The summed E-state index contributed by atoms with van der Waals surface area (Å²) in [6.07, 6.45) is 7.94. The molecule has 0 amide bonds. The van der Waals surface area contributed by atoms with Crippen molar-refractivity contribution in [2.45, 2.75) is 63.7 Å². The van der Waals surface area contributed by atoms with Gasteiger partial charge in [-0.05, 0) is 79.8 Å². The Morgan fingerprint density at radius 1 is 1.34 bits per heavy atom. The molecule has 2 atom stereocenters. The molecule has 35 heavy (non-hydrogen) atoms. The summed E-state index contributed by atoms with van der Waals surface area (Å²) in [5, 5.41) is 0.627. The van der Waals surface area contributed by atoms with Crippen LogP contribution in [0.25, 0.3) is 10.1 Å². The van der Waals surface area contributed by atoms with Crippen LogP contribution in [0.1, 0.15) is 52.0 Å². The normalized spacial score (nSPS) is 19.1. The van der Waals surface area contributed by atoms with Crippen LogP contribution in [0.4, 0.5) is 4.39 Å². The number of carbonyl (C=O) groups excluding carboxylic acids is 1. The zero-order chi connectivity index (χ0) is 25.8. The lowest BCUT2D eigenvalue weighted by Gasteiger charge is -2.29. The third-order valence-electron chi connectivity index (χ3n) is 6.25. The van der Waals surface area contributed by atoms with Gasteiger partial charge < -0.3 is 9.47 Å². The van der Waals surface area contributed by atoms with Crippen molar-refractivity contribution in [1.82, 2.24) is 4.31 Å². The highest BCUT2D eigenvalue weighted by Gasteiger charge is 2.31. The van der Waals surface area contributed by atoms with Crippen LogP contribution in [0.3, 0.4) is 0 Å². The third-order valence-corrected chi connectivity index (χ3v) is 9.98. The van der Waals surface area contributed by atoms with Crippen LogP contribution in [0.15, 0.2) is 46.4 Å². The van der Waals surface area contributed by atoms with Crippen LogP contribution in [0, 0.1) is 18.2 Å². The molecule has 1 heterocycles. The van der Waals surface area contributed by atoms with Crippen molar-refractivity contribution >= 4 is 37.4 Å². The van der Waals surface area contributed by atoms with Gasteiger partial charge in [-0.15, -0.1) is 11.3 Å². The Morgan fingerprint density at radius 2 is 2.09 bits per heavy atom. The van der Waals surface area contributed by atoms with E-state index in [-0.39, 0.29) is 34.1 Å². The number of aryl methyl sites for hydroxylation is 1. The van der Waals surface area contributed by atoms with E-state index in [1.54, 1.807) is 13.0 Å². The number of sulfonamides is 1. The number of hydrogen-bond donors (Lipinski definition) is 0. The minimum atomic E-state index is -3.77. The smallest absolute Gasteiger partial charge is 0.305 e. The van der Waals surface area contributed by atoms with E-state index in [0.717, 1.165) is 11.1 Å². The largest absolute Gasteiger partial charge is 0.490 e. The summed E-state index contributed by atoms with van der Waals surface area (Å²) in [6.45, 7) is 8.15. The van der Waals surface area contributed by atoms with E-state index in [2.05, 4.69) is 6.92 Å². The number of thiophene rings is 1. The molecule has 6 nitrogen and oxygen atoms in total. The molecule has 0 bridgehead atoms. The van der Waals surface area contributed by atoms with Crippen molar-refractivity contribution in [3.8, 4) is 0 Å². The molecule has 9 heteroatoms. The average Bonchev–Trinajstić information content (AvgIpc) is 3.15. The number of halogens is 1. The number of allylic oxidation sites excluding steroid dienone is 3. The monoisotopic (exact) mass is 523 g/mol. The van der Waals surface area contributed by atoms with E-state index < -0.39 is 10.0 Å². The summed E-state index contributed by atoms with van der Waals surface area (Å²) in [4.78, 5) is 11.5. The lowest BCUT2D eigenvalue weighted by molar-refractivity contribution is -0.141. The summed E-state index contributed by atoms with van der Waals surface area (Å²) >= 11 is 1.17. The van der Waals surface area contributed by atoms with Gasteiger partial charge in [-0.2, -0.15) is 4.31 Å². The standard InChI is InChI=1S/C26H34FNO5S2/c1-6-15-28(35(30,31)25-19(3)22-16-20(27)7-8-23(22)34-25)17-18(2)33-21-9-12-26(4,13-10-21)14-11-24(29)32-5/h7-10,12,16,18H,6,11,13-15,17H2,1-5H3. The number of hydrogen-bond acceptors (Lipinski definition) is 6. The van der Waals surface area contributed by atoms with Crippen molar-refractivity contribution in [1.29, 1.82) is 0 Å². The van der Waals surface area contributed by atoms with E-state index in [9.17, 15) is 17.6 Å². The number of carbonyl (C=O) groups is 1.